The molecular formula is C17H33N3O3. The van der Waals surface area contributed by atoms with E-state index in [1.807, 2.05) is 6.92 Å². The number of piperidine rings is 2. The fourth-order valence-electron chi connectivity index (χ4n) is 2.72. The third kappa shape index (κ3) is 7.79. The van der Waals surface area contributed by atoms with Gasteiger partial charge >= 0.3 is 5.97 Å². The Bertz CT molecular complexity index is 351. The average molecular weight is 327 g/mol. The number of nitrogens with one attached hydrogen (secondary N) is 2. The first-order valence-corrected chi connectivity index (χ1v) is 8.81. The van der Waals surface area contributed by atoms with Crippen molar-refractivity contribution in [1.82, 2.24) is 15.5 Å². The van der Waals surface area contributed by atoms with Gasteiger partial charge in [0.15, 0.2) is 0 Å². The number of amides is 1. The van der Waals surface area contributed by atoms with Crippen molar-refractivity contribution in [3.63, 3.8) is 0 Å². The maximum absolute atomic E-state index is 12.0. The van der Waals surface area contributed by atoms with Crippen molar-refractivity contribution in [3.05, 3.63) is 0 Å². The Morgan fingerprint density at radius 1 is 1.17 bits per heavy atom. The molecular weight excluding hydrogens is 294 g/mol. The fourth-order valence-corrected chi connectivity index (χ4v) is 2.72. The summed E-state index contributed by atoms with van der Waals surface area (Å²) in [4.78, 5) is 25.3. The first-order valence-electron chi connectivity index (χ1n) is 8.81. The normalized spacial score (nSPS) is 20.8. The van der Waals surface area contributed by atoms with Crippen LogP contribution in [0.3, 0.4) is 0 Å². The van der Waals surface area contributed by atoms with Gasteiger partial charge in [0, 0.05) is 5.41 Å². The van der Waals surface area contributed by atoms with E-state index in [0.717, 1.165) is 25.9 Å². The predicted molar refractivity (Wildman–Crippen MR) is 91.2 cm³/mol. The number of hydrogen-bond acceptors (Lipinski definition) is 5. The number of hydrogen-bond donors (Lipinski definition) is 2. The molecule has 0 saturated carbocycles. The van der Waals surface area contributed by atoms with E-state index >= 15 is 0 Å². The van der Waals surface area contributed by atoms with E-state index < -0.39 is 0 Å². The highest BCUT2D eigenvalue weighted by atomic mass is 16.5. The first kappa shape index (κ1) is 19.9. The smallest absolute Gasteiger partial charge is 0.325 e. The van der Waals surface area contributed by atoms with Gasteiger partial charge in [-0.2, -0.15) is 0 Å². The summed E-state index contributed by atoms with van der Waals surface area (Å²) in [6.07, 6.45) is 5.88. The lowest BCUT2D eigenvalue weighted by atomic mass is 9.79. The lowest BCUT2D eigenvalue weighted by Crippen LogP contribution is -2.47. The van der Waals surface area contributed by atoms with Gasteiger partial charge in [-0.1, -0.05) is 13.3 Å². The number of carbonyl (C=O) groups excluding carboxylic acids is 2. The molecule has 2 heterocycles. The summed E-state index contributed by atoms with van der Waals surface area (Å²) < 4.78 is 4.77. The van der Waals surface area contributed by atoms with Gasteiger partial charge in [-0.15, -0.1) is 0 Å². The van der Waals surface area contributed by atoms with Gasteiger partial charge in [-0.25, -0.2) is 0 Å². The molecule has 0 aliphatic carbocycles. The fraction of sp³-hybridized carbons (Fsp3) is 0.882. The monoisotopic (exact) mass is 327 g/mol. The van der Waals surface area contributed by atoms with Gasteiger partial charge in [0.1, 0.15) is 6.54 Å². The van der Waals surface area contributed by atoms with E-state index in [0.29, 0.717) is 6.61 Å². The van der Waals surface area contributed by atoms with Crippen LogP contribution in [0.25, 0.3) is 0 Å². The van der Waals surface area contributed by atoms with E-state index in [1.54, 1.807) is 6.92 Å². The number of ether oxygens (including phenoxy) is 1. The van der Waals surface area contributed by atoms with Crippen molar-refractivity contribution < 1.29 is 14.3 Å². The molecule has 0 aromatic rings. The van der Waals surface area contributed by atoms with Crippen LogP contribution in [0.4, 0.5) is 0 Å². The Morgan fingerprint density at radius 2 is 1.78 bits per heavy atom. The van der Waals surface area contributed by atoms with Crippen LogP contribution in [-0.4, -0.2) is 63.2 Å². The van der Waals surface area contributed by atoms with Crippen molar-refractivity contribution in [2.45, 2.75) is 46.0 Å². The van der Waals surface area contributed by atoms with Crippen LogP contribution in [-0.2, 0) is 14.3 Å². The molecule has 2 aliphatic heterocycles. The Morgan fingerprint density at radius 3 is 2.22 bits per heavy atom. The molecule has 2 rings (SSSR count). The summed E-state index contributed by atoms with van der Waals surface area (Å²) in [5, 5.41) is 5.95. The standard InChI is InChI=1S/C12H22N2O3.C5H11N/c1-4-17-10(15)9-13-11(16)12(2)5-7-14(3)8-6-12;1-2-4-6-5-3-1/h4-9H2,1-3H3,(H,13,16);6H,1-5H2. The Labute approximate surface area is 140 Å². The van der Waals surface area contributed by atoms with Gasteiger partial charge in [0.05, 0.1) is 6.61 Å². The van der Waals surface area contributed by atoms with Crippen LogP contribution >= 0.6 is 0 Å². The Hall–Kier alpha value is -1.14. The van der Waals surface area contributed by atoms with Crippen LogP contribution in [0.2, 0.25) is 0 Å². The molecule has 23 heavy (non-hydrogen) atoms. The second-order valence-corrected chi connectivity index (χ2v) is 6.66. The molecule has 134 valence electrons. The zero-order chi connectivity index (χ0) is 17.1. The summed E-state index contributed by atoms with van der Waals surface area (Å²) in [7, 11) is 2.05. The molecule has 0 aromatic carbocycles. The number of rotatable bonds is 4. The average Bonchev–Trinajstić information content (AvgIpc) is 2.58. The quantitative estimate of drug-likeness (QED) is 0.758. The lowest BCUT2D eigenvalue weighted by Gasteiger charge is -2.36. The predicted octanol–water partition coefficient (Wildman–Crippen LogP) is 1.16. The third-order valence-corrected chi connectivity index (χ3v) is 4.54. The molecule has 0 unspecified atom stereocenters. The van der Waals surface area contributed by atoms with Crippen LogP contribution < -0.4 is 10.6 Å². The van der Waals surface area contributed by atoms with Gasteiger partial charge in [-0.3, -0.25) is 9.59 Å². The third-order valence-electron chi connectivity index (χ3n) is 4.54. The molecule has 0 spiro atoms. The van der Waals surface area contributed by atoms with E-state index in [9.17, 15) is 9.59 Å². The van der Waals surface area contributed by atoms with Crippen molar-refractivity contribution in [2.75, 3.05) is 46.4 Å². The van der Waals surface area contributed by atoms with Crippen molar-refractivity contribution in [3.8, 4) is 0 Å². The number of likely N-dealkylation sites (tertiary alicyclic amines) is 1. The number of esters is 1. The Kier molecular flexibility index (Phi) is 9.17. The summed E-state index contributed by atoms with van der Waals surface area (Å²) in [5.41, 5.74) is -0.348. The minimum atomic E-state index is -0.377. The largest absolute Gasteiger partial charge is 0.465 e. The van der Waals surface area contributed by atoms with Crippen molar-refractivity contribution in [1.29, 1.82) is 0 Å². The van der Waals surface area contributed by atoms with E-state index in [2.05, 4.69) is 22.6 Å². The molecule has 0 atom stereocenters. The molecule has 6 heteroatoms. The maximum Gasteiger partial charge on any atom is 0.325 e. The molecule has 2 saturated heterocycles. The zero-order valence-corrected chi connectivity index (χ0v) is 15.0. The summed E-state index contributed by atoms with van der Waals surface area (Å²) in [5.74, 6) is -0.420. The minimum absolute atomic E-state index is 0.0297. The topological polar surface area (TPSA) is 70.7 Å². The number of nitrogens with zero attached hydrogens (tertiary/aromatic N) is 1. The van der Waals surface area contributed by atoms with Gasteiger partial charge in [-0.05, 0) is 65.8 Å². The van der Waals surface area contributed by atoms with Crippen LogP contribution in [0.1, 0.15) is 46.0 Å². The first-order chi connectivity index (χ1) is 11.0. The Balaban J connectivity index is 0.000000366. The van der Waals surface area contributed by atoms with E-state index in [1.165, 1.54) is 32.4 Å². The summed E-state index contributed by atoms with van der Waals surface area (Å²) in [6.45, 7) is 8.36. The molecule has 6 nitrogen and oxygen atoms in total. The van der Waals surface area contributed by atoms with E-state index in [4.69, 9.17) is 4.74 Å². The molecule has 0 aromatic heterocycles. The molecule has 2 fully saturated rings. The van der Waals surface area contributed by atoms with E-state index in [-0.39, 0.29) is 23.8 Å². The SMILES string of the molecule is C1CCNCC1.CCOC(=O)CNC(=O)C1(C)CCN(C)CC1. The highest BCUT2D eigenvalue weighted by Crippen LogP contribution is 2.30. The summed E-state index contributed by atoms with van der Waals surface area (Å²) in [6, 6.07) is 0. The van der Waals surface area contributed by atoms with Crippen LogP contribution in [0.5, 0.6) is 0 Å². The maximum atomic E-state index is 12.0. The van der Waals surface area contributed by atoms with Gasteiger partial charge in [0.2, 0.25) is 5.91 Å². The van der Waals surface area contributed by atoms with Crippen molar-refractivity contribution in [2.24, 2.45) is 5.41 Å². The molecule has 0 radical (unpaired) electrons. The lowest BCUT2D eigenvalue weighted by molar-refractivity contribution is -0.145. The van der Waals surface area contributed by atoms with Crippen LogP contribution in [0.15, 0.2) is 0 Å². The number of carbonyl (C=O) groups is 2. The van der Waals surface area contributed by atoms with Gasteiger partial charge in [0.25, 0.3) is 0 Å². The summed E-state index contributed by atoms with van der Waals surface area (Å²) >= 11 is 0. The molecule has 2 aliphatic rings. The second-order valence-electron chi connectivity index (χ2n) is 6.66. The van der Waals surface area contributed by atoms with Crippen molar-refractivity contribution >= 4 is 11.9 Å². The molecule has 2 N–H and O–H groups in total. The minimum Gasteiger partial charge on any atom is -0.465 e. The van der Waals surface area contributed by atoms with Crippen LogP contribution in [0, 0.1) is 5.41 Å². The second kappa shape index (κ2) is 10.6. The van der Waals surface area contributed by atoms with Gasteiger partial charge < -0.3 is 20.3 Å². The molecule has 1 amide bonds. The highest BCUT2D eigenvalue weighted by molar-refractivity contribution is 5.86. The highest BCUT2D eigenvalue weighted by Gasteiger charge is 2.36. The molecule has 0 bridgehead atoms. The zero-order valence-electron chi connectivity index (χ0n) is 15.0.